The lowest BCUT2D eigenvalue weighted by molar-refractivity contribution is 0.0987. The maximum Gasteiger partial charge on any atom is 0.270 e. The Labute approximate surface area is 173 Å². The Bertz CT molecular complexity index is 946. The van der Waals surface area contributed by atoms with Crippen LogP contribution in [0.2, 0.25) is 4.34 Å². The van der Waals surface area contributed by atoms with Crippen LogP contribution in [0.25, 0.3) is 10.2 Å². The lowest BCUT2D eigenvalue weighted by atomic mass is 10.1. The van der Waals surface area contributed by atoms with Gasteiger partial charge in [-0.25, -0.2) is 4.98 Å². The largest absolute Gasteiger partial charge is 0.302 e. The second kappa shape index (κ2) is 8.69. The van der Waals surface area contributed by atoms with Crippen molar-refractivity contribution in [1.29, 1.82) is 0 Å². The summed E-state index contributed by atoms with van der Waals surface area (Å²) in [5.74, 6) is -0.0347. The third-order valence-electron chi connectivity index (χ3n) is 4.61. The zero-order valence-corrected chi connectivity index (χ0v) is 18.5. The molecule has 27 heavy (non-hydrogen) atoms. The molecule has 0 saturated heterocycles. The minimum absolute atomic E-state index is 0.0347. The molecule has 2 heterocycles. The maximum absolute atomic E-state index is 13.2. The molecule has 0 fully saturated rings. The zero-order valence-electron chi connectivity index (χ0n) is 16.1. The van der Waals surface area contributed by atoms with Crippen LogP contribution in [0.3, 0.4) is 0 Å². The third kappa shape index (κ3) is 4.51. The molecule has 0 N–H and O–H groups in total. The summed E-state index contributed by atoms with van der Waals surface area (Å²) < 4.78 is 1.74. The fourth-order valence-electron chi connectivity index (χ4n) is 3.10. The molecular formula is C20H24ClN3OS2. The van der Waals surface area contributed by atoms with Crippen LogP contribution in [0.4, 0.5) is 5.13 Å². The predicted octanol–water partition coefficient (Wildman–Crippen LogP) is 5.62. The lowest BCUT2D eigenvalue weighted by Crippen LogP contribution is -2.38. The van der Waals surface area contributed by atoms with Crippen LogP contribution in [0.1, 0.15) is 34.6 Å². The number of halogens is 1. The van der Waals surface area contributed by atoms with Gasteiger partial charge >= 0.3 is 0 Å². The summed E-state index contributed by atoms with van der Waals surface area (Å²) in [5, 5.41) is 0.750. The second-order valence-corrected chi connectivity index (χ2v) is 9.24. The molecule has 0 bridgehead atoms. The SMILES string of the molecule is CCN(CC)CCN(C(=O)c1ccc(Cl)s1)c1nc2c(C)cc(C)cc2s1. The van der Waals surface area contributed by atoms with Crippen molar-refractivity contribution in [3.05, 3.63) is 44.6 Å². The number of fused-ring (bicyclic) bond motifs is 1. The van der Waals surface area contributed by atoms with Crippen LogP contribution in [0.5, 0.6) is 0 Å². The average molecular weight is 422 g/mol. The molecule has 0 aliphatic carbocycles. The van der Waals surface area contributed by atoms with Crippen molar-refractivity contribution in [1.82, 2.24) is 9.88 Å². The molecule has 1 amide bonds. The number of likely N-dealkylation sites (N-methyl/N-ethyl adjacent to an activating group) is 1. The molecule has 2 aromatic heterocycles. The van der Waals surface area contributed by atoms with Crippen LogP contribution >= 0.6 is 34.3 Å². The van der Waals surface area contributed by atoms with Gasteiger partial charge in [0, 0.05) is 13.1 Å². The predicted molar refractivity (Wildman–Crippen MR) is 118 cm³/mol. The summed E-state index contributed by atoms with van der Waals surface area (Å²) in [5.41, 5.74) is 3.33. The lowest BCUT2D eigenvalue weighted by Gasteiger charge is -2.24. The van der Waals surface area contributed by atoms with Crippen molar-refractivity contribution in [3.8, 4) is 0 Å². The van der Waals surface area contributed by atoms with Crippen molar-refractivity contribution in [2.45, 2.75) is 27.7 Å². The number of rotatable bonds is 7. The highest BCUT2D eigenvalue weighted by Gasteiger charge is 2.23. The van der Waals surface area contributed by atoms with Crippen LogP contribution < -0.4 is 4.90 Å². The number of aryl methyl sites for hydroxylation is 2. The summed E-state index contributed by atoms with van der Waals surface area (Å²) in [4.78, 5) is 22.8. The van der Waals surface area contributed by atoms with Gasteiger partial charge in [-0.05, 0) is 56.3 Å². The van der Waals surface area contributed by atoms with Gasteiger partial charge in [-0.1, -0.05) is 42.9 Å². The van der Waals surface area contributed by atoms with Crippen LogP contribution in [0, 0.1) is 13.8 Å². The molecule has 0 atom stereocenters. The third-order valence-corrected chi connectivity index (χ3v) is 6.86. The van der Waals surface area contributed by atoms with Crippen molar-refractivity contribution >= 4 is 55.5 Å². The Morgan fingerprint density at radius 1 is 1.11 bits per heavy atom. The van der Waals surface area contributed by atoms with E-state index < -0.39 is 0 Å². The number of nitrogens with zero attached hydrogens (tertiary/aromatic N) is 3. The number of amides is 1. The Hall–Kier alpha value is -1.47. The molecule has 0 saturated carbocycles. The number of anilines is 1. The molecule has 0 unspecified atom stereocenters. The highest BCUT2D eigenvalue weighted by molar-refractivity contribution is 7.22. The fourth-order valence-corrected chi connectivity index (χ4v) is 5.26. The van der Waals surface area contributed by atoms with Gasteiger partial charge in [0.2, 0.25) is 0 Å². The van der Waals surface area contributed by atoms with E-state index in [1.165, 1.54) is 16.9 Å². The number of hydrogen-bond donors (Lipinski definition) is 0. The van der Waals surface area contributed by atoms with Crippen molar-refractivity contribution in [2.24, 2.45) is 0 Å². The van der Waals surface area contributed by atoms with Gasteiger partial charge in [0.25, 0.3) is 5.91 Å². The summed E-state index contributed by atoms with van der Waals surface area (Å²) in [6, 6.07) is 7.84. The number of carbonyl (C=O) groups excluding carboxylic acids is 1. The monoisotopic (exact) mass is 421 g/mol. The number of carbonyl (C=O) groups is 1. The smallest absolute Gasteiger partial charge is 0.270 e. The first-order valence-corrected chi connectivity index (χ1v) is 11.1. The van der Waals surface area contributed by atoms with E-state index >= 15 is 0 Å². The first-order valence-electron chi connectivity index (χ1n) is 9.10. The maximum atomic E-state index is 13.2. The average Bonchev–Trinajstić information content (AvgIpc) is 3.25. The van der Waals surface area contributed by atoms with E-state index in [0.717, 1.165) is 40.5 Å². The van der Waals surface area contributed by atoms with Crippen molar-refractivity contribution < 1.29 is 4.79 Å². The molecule has 4 nitrogen and oxygen atoms in total. The van der Waals surface area contributed by atoms with Gasteiger partial charge in [0.15, 0.2) is 5.13 Å². The molecule has 0 aliphatic heterocycles. The summed E-state index contributed by atoms with van der Waals surface area (Å²) in [7, 11) is 0. The highest BCUT2D eigenvalue weighted by Crippen LogP contribution is 2.33. The van der Waals surface area contributed by atoms with Gasteiger partial charge in [0.05, 0.1) is 19.4 Å². The Morgan fingerprint density at radius 2 is 1.85 bits per heavy atom. The van der Waals surface area contributed by atoms with Gasteiger partial charge in [-0.15, -0.1) is 11.3 Å². The minimum atomic E-state index is -0.0347. The topological polar surface area (TPSA) is 36.4 Å². The Kier molecular flexibility index (Phi) is 6.52. The Balaban J connectivity index is 1.98. The van der Waals surface area contributed by atoms with Crippen LogP contribution in [0.15, 0.2) is 24.3 Å². The number of hydrogen-bond acceptors (Lipinski definition) is 5. The van der Waals surface area contributed by atoms with Crippen LogP contribution in [-0.2, 0) is 0 Å². The number of aromatic nitrogens is 1. The normalized spacial score (nSPS) is 11.5. The van der Waals surface area contributed by atoms with E-state index in [9.17, 15) is 4.79 Å². The number of benzene rings is 1. The van der Waals surface area contributed by atoms with E-state index in [4.69, 9.17) is 16.6 Å². The van der Waals surface area contributed by atoms with E-state index in [-0.39, 0.29) is 5.91 Å². The highest BCUT2D eigenvalue weighted by atomic mass is 35.5. The van der Waals surface area contributed by atoms with Crippen molar-refractivity contribution in [3.63, 3.8) is 0 Å². The molecular weight excluding hydrogens is 398 g/mol. The van der Waals surface area contributed by atoms with Gasteiger partial charge in [0.1, 0.15) is 0 Å². The van der Waals surface area contributed by atoms with Gasteiger partial charge < -0.3 is 4.90 Å². The minimum Gasteiger partial charge on any atom is -0.302 e. The zero-order chi connectivity index (χ0) is 19.6. The van der Waals surface area contributed by atoms with E-state index in [1.807, 2.05) is 0 Å². The van der Waals surface area contributed by atoms with Gasteiger partial charge in [-0.3, -0.25) is 9.69 Å². The number of thiazole rings is 1. The molecule has 7 heteroatoms. The van der Waals surface area contributed by atoms with Crippen LogP contribution in [-0.4, -0.2) is 42.0 Å². The Morgan fingerprint density at radius 3 is 2.48 bits per heavy atom. The van der Waals surface area contributed by atoms with E-state index in [2.05, 4.69) is 44.7 Å². The molecule has 144 valence electrons. The first-order chi connectivity index (χ1) is 12.9. The molecule has 0 radical (unpaired) electrons. The standard InChI is InChI=1S/C20H24ClN3OS2/c1-5-23(6-2)9-10-24(19(25)15-7-8-17(21)26-15)20-22-18-14(4)11-13(3)12-16(18)27-20/h7-8,11-12H,5-6,9-10H2,1-4H3. The summed E-state index contributed by atoms with van der Waals surface area (Å²) >= 11 is 8.95. The summed E-state index contributed by atoms with van der Waals surface area (Å²) in [6.07, 6.45) is 0. The molecule has 0 aliphatic rings. The molecule has 0 spiro atoms. The number of thiophene rings is 1. The van der Waals surface area contributed by atoms with Crippen molar-refractivity contribution in [2.75, 3.05) is 31.1 Å². The molecule has 1 aromatic carbocycles. The van der Waals surface area contributed by atoms with Gasteiger partial charge in [-0.2, -0.15) is 0 Å². The quantitative estimate of drug-likeness (QED) is 0.497. The second-order valence-electron chi connectivity index (χ2n) is 6.51. The summed E-state index contributed by atoms with van der Waals surface area (Å²) in [6.45, 7) is 11.8. The molecule has 3 aromatic rings. The van der Waals surface area contributed by atoms with E-state index in [0.29, 0.717) is 15.8 Å². The van der Waals surface area contributed by atoms with E-state index in [1.54, 1.807) is 28.4 Å². The molecule has 3 rings (SSSR count). The fraction of sp³-hybridized carbons (Fsp3) is 0.400. The first kappa shape index (κ1) is 20.3.